The number of rotatable bonds is 8. The van der Waals surface area contributed by atoms with Crippen LogP contribution in [0.2, 0.25) is 0 Å². The summed E-state index contributed by atoms with van der Waals surface area (Å²) in [4.78, 5) is 35.5. The van der Waals surface area contributed by atoms with Gasteiger partial charge in [-0.15, -0.1) is 0 Å². The van der Waals surface area contributed by atoms with Crippen molar-refractivity contribution in [3.05, 3.63) is 59.7 Å². The first-order valence-electron chi connectivity index (χ1n) is 8.82. The van der Waals surface area contributed by atoms with E-state index in [0.717, 1.165) is 16.8 Å². The van der Waals surface area contributed by atoms with Crippen molar-refractivity contribution in [3.63, 3.8) is 0 Å². The summed E-state index contributed by atoms with van der Waals surface area (Å²) in [6.45, 7) is 3.45. The number of benzene rings is 2. The molecule has 2 aromatic carbocycles. The highest BCUT2D eigenvalue weighted by Gasteiger charge is 2.11. The van der Waals surface area contributed by atoms with E-state index in [1.54, 1.807) is 12.1 Å². The van der Waals surface area contributed by atoms with Crippen LogP contribution >= 0.6 is 0 Å². The summed E-state index contributed by atoms with van der Waals surface area (Å²) in [6, 6.07) is 14.8. The molecule has 2 rings (SSSR count). The summed E-state index contributed by atoms with van der Waals surface area (Å²) in [7, 11) is 0. The maximum absolute atomic E-state index is 12.0. The molecule has 6 heteroatoms. The zero-order valence-corrected chi connectivity index (χ0v) is 15.6. The molecule has 0 bridgehead atoms. The minimum absolute atomic E-state index is 0.0822. The number of anilines is 2. The van der Waals surface area contributed by atoms with Crippen LogP contribution in [0.25, 0.3) is 0 Å². The van der Waals surface area contributed by atoms with E-state index in [4.69, 9.17) is 4.74 Å². The van der Waals surface area contributed by atoms with Gasteiger partial charge in [-0.1, -0.05) is 36.4 Å². The van der Waals surface area contributed by atoms with Gasteiger partial charge in [0.05, 0.1) is 0 Å². The average molecular weight is 368 g/mol. The smallest absolute Gasteiger partial charge is 0.306 e. The molecule has 0 heterocycles. The predicted octanol–water partition coefficient (Wildman–Crippen LogP) is 3.59. The van der Waals surface area contributed by atoms with Crippen LogP contribution in [-0.4, -0.2) is 24.4 Å². The number of esters is 1. The van der Waals surface area contributed by atoms with Gasteiger partial charge < -0.3 is 15.4 Å². The number of carbonyl (C=O) groups excluding carboxylic acids is 3. The zero-order valence-electron chi connectivity index (χ0n) is 15.6. The monoisotopic (exact) mass is 368 g/mol. The first-order valence-corrected chi connectivity index (χ1v) is 8.82. The highest BCUT2D eigenvalue weighted by Crippen LogP contribution is 2.19. The van der Waals surface area contributed by atoms with E-state index in [2.05, 4.69) is 10.6 Å². The standard InChI is InChI=1S/C21H24N2O4/c1-15-8-6-9-16(2)21(15)23-19(25)14-27-20(26)13-7-12-18(24)22-17-10-4-3-5-11-17/h3-6,8-11H,7,12-14H2,1-2H3,(H,22,24)(H,23,25). The molecule has 0 atom stereocenters. The van der Waals surface area contributed by atoms with Crippen LogP contribution in [-0.2, 0) is 19.1 Å². The van der Waals surface area contributed by atoms with Crippen molar-refractivity contribution in [3.8, 4) is 0 Å². The molecule has 6 nitrogen and oxygen atoms in total. The molecule has 0 aliphatic heterocycles. The summed E-state index contributed by atoms with van der Waals surface area (Å²) in [5.74, 6) is -1.05. The van der Waals surface area contributed by atoms with Gasteiger partial charge in [0.15, 0.2) is 6.61 Å². The lowest BCUT2D eigenvalue weighted by atomic mass is 10.1. The first-order chi connectivity index (χ1) is 13.0. The van der Waals surface area contributed by atoms with Crippen molar-refractivity contribution >= 4 is 29.2 Å². The molecule has 0 radical (unpaired) electrons. The normalized spacial score (nSPS) is 10.1. The van der Waals surface area contributed by atoms with Crippen LogP contribution in [0.4, 0.5) is 11.4 Å². The lowest BCUT2D eigenvalue weighted by Crippen LogP contribution is -2.22. The summed E-state index contributed by atoms with van der Waals surface area (Å²) in [5.41, 5.74) is 3.34. The Hall–Kier alpha value is -3.15. The third kappa shape index (κ3) is 6.93. The van der Waals surface area contributed by atoms with E-state index in [1.807, 2.05) is 50.2 Å². The Kier molecular flexibility index (Phi) is 7.55. The van der Waals surface area contributed by atoms with Crippen molar-refractivity contribution in [1.29, 1.82) is 0 Å². The van der Waals surface area contributed by atoms with Gasteiger partial charge in [-0.2, -0.15) is 0 Å². The van der Waals surface area contributed by atoms with Crippen LogP contribution in [0.15, 0.2) is 48.5 Å². The maximum atomic E-state index is 12.0. The van der Waals surface area contributed by atoms with Crippen LogP contribution in [0.5, 0.6) is 0 Å². The van der Waals surface area contributed by atoms with Crippen LogP contribution in [0.1, 0.15) is 30.4 Å². The van der Waals surface area contributed by atoms with Crippen molar-refractivity contribution in [2.45, 2.75) is 33.1 Å². The third-order valence-corrected chi connectivity index (χ3v) is 3.95. The van der Waals surface area contributed by atoms with E-state index in [0.29, 0.717) is 12.1 Å². The van der Waals surface area contributed by atoms with Gasteiger partial charge >= 0.3 is 5.97 Å². The molecule has 0 aliphatic rings. The largest absolute Gasteiger partial charge is 0.456 e. The van der Waals surface area contributed by atoms with E-state index in [1.165, 1.54) is 0 Å². The number of carbonyl (C=O) groups is 3. The van der Waals surface area contributed by atoms with Gasteiger partial charge in [0.2, 0.25) is 5.91 Å². The van der Waals surface area contributed by atoms with Crippen molar-refractivity contribution < 1.29 is 19.1 Å². The second-order valence-corrected chi connectivity index (χ2v) is 6.24. The molecule has 0 unspecified atom stereocenters. The average Bonchev–Trinajstić information content (AvgIpc) is 2.64. The van der Waals surface area contributed by atoms with E-state index in [9.17, 15) is 14.4 Å². The third-order valence-electron chi connectivity index (χ3n) is 3.95. The summed E-state index contributed by atoms with van der Waals surface area (Å²) in [6.07, 6.45) is 0.646. The Balaban J connectivity index is 1.65. The summed E-state index contributed by atoms with van der Waals surface area (Å²) < 4.78 is 4.97. The van der Waals surface area contributed by atoms with Crippen molar-refractivity contribution in [1.82, 2.24) is 0 Å². The number of nitrogens with one attached hydrogen (secondary N) is 2. The molecule has 0 fully saturated rings. The fourth-order valence-corrected chi connectivity index (χ4v) is 2.54. The van der Waals surface area contributed by atoms with Crippen molar-refractivity contribution in [2.75, 3.05) is 17.2 Å². The molecular formula is C21H24N2O4. The van der Waals surface area contributed by atoms with E-state index in [-0.39, 0.29) is 31.3 Å². The topological polar surface area (TPSA) is 84.5 Å². The first kappa shape index (κ1) is 20.2. The molecule has 0 aliphatic carbocycles. The number of aryl methyl sites for hydroxylation is 2. The number of amides is 2. The van der Waals surface area contributed by atoms with Gasteiger partial charge in [0, 0.05) is 24.2 Å². The molecule has 2 aromatic rings. The van der Waals surface area contributed by atoms with Crippen LogP contribution in [0.3, 0.4) is 0 Å². The Morgan fingerprint density at radius 1 is 0.815 bits per heavy atom. The van der Waals surface area contributed by atoms with E-state index < -0.39 is 5.97 Å². The molecular weight excluding hydrogens is 344 g/mol. The molecule has 0 saturated carbocycles. The number of hydrogen-bond donors (Lipinski definition) is 2. The fraction of sp³-hybridized carbons (Fsp3) is 0.286. The predicted molar refractivity (Wildman–Crippen MR) is 104 cm³/mol. The fourth-order valence-electron chi connectivity index (χ4n) is 2.54. The van der Waals surface area contributed by atoms with Crippen LogP contribution < -0.4 is 10.6 Å². The number of para-hydroxylation sites is 2. The molecule has 2 N–H and O–H groups in total. The van der Waals surface area contributed by atoms with Gasteiger partial charge in [0.25, 0.3) is 5.91 Å². The highest BCUT2D eigenvalue weighted by atomic mass is 16.5. The van der Waals surface area contributed by atoms with Gasteiger partial charge in [0.1, 0.15) is 0 Å². The van der Waals surface area contributed by atoms with E-state index >= 15 is 0 Å². The molecule has 2 amide bonds. The number of ether oxygens (including phenoxy) is 1. The molecule has 0 saturated heterocycles. The van der Waals surface area contributed by atoms with Gasteiger partial charge in [-0.05, 0) is 43.5 Å². The Morgan fingerprint density at radius 2 is 1.48 bits per heavy atom. The van der Waals surface area contributed by atoms with Gasteiger partial charge in [-0.25, -0.2) is 0 Å². The minimum atomic E-state index is -0.501. The quantitative estimate of drug-likeness (QED) is 0.697. The molecule has 0 aromatic heterocycles. The Bertz CT molecular complexity index is 783. The lowest BCUT2D eigenvalue weighted by molar-refractivity contribution is -0.147. The second kappa shape index (κ2) is 10.1. The van der Waals surface area contributed by atoms with Gasteiger partial charge in [-0.3, -0.25) is 14.4 Å². The number of hydrogen-bond acceptors (Lipinski definition) is 4. The van der Waals surface area contributed by atoms with Crippen LogP contribution in [0, 0.1) is 13.8 Å². The SMILES string of the molecule is Cc1cccc(C)c1NC(=O)COC(=O)CCCC(=O)Nc1ccccc1. The maximum Gasteiger partial charge on any atom is 0.306 e. The molecule has 142 valence electrons. The van der Waals surface area contributed by atoms with Crippen molar-refractivity contribution in [2.24, 2.45) is 0 Å². The Morgan fingerprint density at radius 3 is 2.15 bits per heavy atom. The summed E-state index contributed by atoms with van der Waals surface area (Å²) >= 11 is 0. The minimum Gasteiger partial charge on any atom is -0.456 e. The highest BCUT2D eigenvalue weighted by molar-refractivity contribution is 5.94. The summed E-state index contributed by atoms with van der Waals surface area (Å²) in [5, 5.41) is 5.50. The second-order valence-electron chi connectivity index (χ2n) is 6.24. The lowest BCUT2D eigenvalue weighted by Gasteiger charge is -2.11. The molecule has 0 spiro atoms. The Labute approximate surface area is 158 Å². The zero-order chi connectivity index (χ0) is 19.6. The molecule has 27 heavy (non-hydrogen) atoms.